The van der Waals surface area contributed by atoms with Crippen molar-refractivity contribution in [2.75, 3.05) is 12.4 Å². The van der Waals surface area contributed by atoms with Crippen molar-refractivity contribution in [3.63, 3.8) is 0 Å². The summed E-state index contributed by atoms with van der Waals surface area (Å²) in [5.41, 5.74) is 0.589. The monoisotopic (exact) mass is 355 g/mol. The number of furan rings is 1. The molecule has 0 aliphatic heterocycles. The molecule has 0 atom stereocenters. The van der Waals surface area contributed by atoms with E-state index >= 15 is 0 Å². The van der Waals surface area contributed by atoms with E-state index in [1.54, 1.807) is 36.4 Å². The minimum absolute atomic E-state index is 0.279. The SMILES string of the molecule is COc1ccc(NC(=O)C=Cc2ccc(Br)o2)cc1Cl. The van der Waals surface area contributed by atoms with Crippen LogP contribution >= 0.6 is 27.5 Å². The molecule has 0 radical (unpaired) electrons. The zero-order valence-corrected chi connectivity index (χ0v) is 12.9. The average Bonchev–Trinajstić information content (AvgIpc) is 2.82. The van der Waals surface area contributed by atoms with Gasteiger partial charge < -0.3 is 14.5 Å². The van der Waals surface area contributed by atoms with Crippen LogP contribution in [0.15, 0.2) is 45.5 Å². The van der Waals surface area contributed by atoms with Gasteiger partial charge in [0.1, 0.15) is 11.5 Å². The molecule has 0 aliphatic carbocycles. The second-order valence-corrected chi connectivity index (χ2v) is 5.00. The molecule has 1 aromatic heterocycles. The molecule has 0 spiro atoms. The molecule has 1 N–H and O–H groups in total. The van der Waals surface area contributed by atoms with Crippen LogP contribution in [-0.4, -0.2) is 13.0 Å². The number of amides is 1. The predicted octanol–water partition coefficient (Wildman–Crippen LogP) is 4.36. The van der Waals surface area contributed by atoms with E-state index in [4.69, 9.17) is 20.8 Å². The molecule has 0 unspecified atom stereocenters. The second kappa shape index (κ2) is 6.63. The Morgan fingerprint density at radius 2 is 2.20 bits per heavy atom. The number of halogens is 2. The number of benzene rings is 1. The van der Waals surface area contributed by atoms with Crippen molar-refractivity contribution >= 4 is 45.2 Å². The van der Waals surface area contributed by atoms with Crippen molar-refractivity contribution in [2.24, 2.45) is 0 Å². The molecule has 2 rings (SSSR count). The van der Waals surface area contributed by atoms with Crippen LogP contribution < -0.4 is 10.1 Å². The van der Waals surface area contributed by atoms with Crippen molar-refractivity contribution in [3.8, 4) is 5.75 Å². The van der Waals surface area contributed by atoms with E-state index < -0.39 is 0 Å². The van der Waals surface area contributed by atoms with Gasteiger partial charge in [0, 0.05) is 11.8 Å². The number of carbonyl (C=O) groups excluding carboxylic acids is 1. The highest BCUT2D eigenvalue weighted by atomic mass is 79.9. The van der Waals surface area contributed by atoms with Gasteiger partial charge in [0.15, 0.2) is 4.67 Å². The van der Waals surface area contributed by atoms with E-state index in [9.17, 15) is 4.79 Å². The molecule has 1 heterocycles. The molecule has 0 aliphatic rings. The minimum atomic E-state index is -0.279. The quantitative estimate of drug-likeness (QED) is 0.828. The van der Waals surface area contributed by atoms with Gasteiger partial charge >= 0.3 is 0 Å². The van der Waals surface area contributed by atoms with Gasteiger partial charge in [-0.2, -0.15) is 0 Å². The number of rotatable bonds is 4. The number of ether oxygens (including phenoxy) is 1. The molecule has 1 aromatic carbocycles. The van der Waals surface area contributed by atoms with Crippen LogP contribution in [0.4, 0.5) is 5.69 Å². The van der Waals surface area contributed by atoms with E-state index in [1.807, 2.05) is 0 Å². The van der Waals surface area contributed by atoms with E-state index in [0.29, 0.717) is 26.9 Å². The average molecular weight is 357 g/mol. The molecular weight excluding hydrogens is 346 g/mol. The van der Waals surface area contributed by atoms with Gasteiger partial charge in [-0.1, -0.05) is 11.6 Å². The largest absolute Gasteiger partial charge is 0.495 e. The molecule has 2 aromatic rings. The van der Waals surface area contributed by atoms with Crippen LogP contribution in [0.3, 0.4) is 0 Å². The first-order chi connectivity index (χ1) is 9.58. The molecule has 1 amide bonds. The summed E-state index contributed by atoms with van der Waals surface area (Å²) in [4.78, 5) is 11.7. The fourth-order valence-electron chi connectivity index (χ4n) is 1.50. The number of hydrogen-bond acceptors (Lipinski definition) is 3. The summed E-state index contributed by atoms with van der Waals surface area (Å²) in [6.07, 6.45) is 2.95. The van der Waals surface area contributed by atoms with Crippen LogP contribution in [0, 0.1) is 0 Å². The lowest BCUT2D eigenvalue weighted by molar-refractivity contribution is -0.111. The first-order valence-electron chi connectivity index (χ1n) is 5.66. The Morgan fingerprint density at radius 3 is 2.80 bits per heavy atom. The van der Waals surface area contributed by atoms with Gasteiger partial charge in [-0.15, -0.1) is 0 Å². The van der Waals surface area contributed by atoms with Gasteiger partial charge in [0.2, 0.25) is 5.91 Å². The lowest BCUT2D eigenvalue weighted by atomic mass is 10.3. The highest BCUT2D eigenvalue weighted by Crippen LogP contribution is 2.27. The topological polar surface area (TPSA) is 51.5 Å². The van der Waals surface area contributed by atoms with Crippen LogP contribution in [-0.2, 0) is 4.79 Å². The molecule has 104 valence electrons. The maximum Gasteiger partial charge on any atom is 0.248 e. The standard InChI is InChI=1S/C14H11BrClNO3/c1-19-12-5-2-9(8-11(12)16)17-14(18)7-4-10-3-6-13(15)20-10/h2-8H,1H3,(H,17,18). The molecular formula is C14H11BrClNO3. The molecule has 0 bridgehead atoms. The number of methoxy groups -OCH3 is 1. The third-order valence-electron chi connectivity index (χ3n) is 2.41. The van der Waals surface area contributed by atoms with Crippen LogP contribution in [0.2, 0.25) is 5.02 Å². The zero-order chi connectivity index (χ0) is 14.5. The van der Waals surface area contributed by atoms with Crippen molar-refractivity contribution in [1.82, 2.24) is 0 Å². The van der Waals surface area contributed by atoms with E-state index in [-0.39, 0.29) is 5.91 Å². The molecule has 20 heavy (non-hydrogen) atoms. The van der Waals surface area contributed by atoms with E-state index in [1.165, 1.54) is 13.2 Å². The summed E-state index contributed by atoms with van der Waals surface area (Å²) in [5, 5.41) is 3.13. The molecule has 0 saturated carbocycles. The third kappa shape index (κ3) is 3.88. The maximum absolute atomic E-state index is 11.7. The van der Waals surface area contributed by atoms with E-state index in [0.717, 1.165) is 0 Å². The maximum atomic E-state index is 11.7. The smallest absolute Gasteiger partial charge is 0.248 e. The Balaban J connectivity index is 2.01. The van der Waals surface area contributed by atoms with Crippen LogP contribution in [0.5, 0.6) is 5.75 Å². The van der Waals surface area contributed by atoms with Crippen molar-refractivity contribution in [3.05, 3.63) is 51.9 Å². The fourth-order valence-corrected chi connectivity index (χ4v) is 2.08. The Bertz CT molecular complexity index is 652. The highest BCUT2D eigenvalue weighted by molar-refractivity contribution is 9.10. The number of carbonyl (C=O) groups is 1. The Morgan fingerprint density at radius 1 is 1.40 bits per heavy atom. The van der Waals surface area contributed by atoms with Gasteiger partial charge in [-0.25, -0.2) is 0 Å². The fraction of sp³-hybridized carbons (Fsp3) is 0.0714. The Kier molecular flexibility index (Phi) is 4.87. The normalized spacial score (nSPS) is 10.8. The summed E-state index contributed by atoms with van der Waals surface area (Å²) in [5.74, 6) is 0.860. The van der Waals surface area contributed by atoms with Crippen LogP contribution in [0.25, 0.3) is 6.08 Å². The highest BCUT2D eigenvalue weighted by Gasteiger charge is 2.04. The summed E-state index contributed by atoms with van der Waals surface area (Å²) in [6, 6.07) is 8.51. The first kappa shape index (κ1) is 14.7. The predicted molar refractivity (Wildman–Crippen MR) is 82.1 cm³/mol. The summed E-state index contributed by atoms with van der Waals surface area (Å²) in [7, 11) is 1.53. The lowest BCUT2D eigenvalue weighted by Gasteiger charge is -2.06. The van der Waals surface area contributed by atoms with Crippen LogP contribution in [0.1, 0.15) is 5.76 Å². The van der Waals surface area contributed by atoms with Crippen molar-refractivity contribution in [1.29, 1.82) is 0 Å². The molecule has 0 fully saturated rings. The third-order valence-corrected chi connectivity index (χ3v) is 3.13. The summed E-state index contributed by atoms with van der Waals surface area (Å²) in [6.45, 7) is 0. The minimum Gasteiger partial charge on any atom is -0.495 e. The Labute approximate surface area is 129 Å². The number of anilines is 1. The van der Waals surface area contributed by atoms with Crippen molar-refractivity contribution < 1.29 is 13.9 Å². The molecule has 6 heteroatoms. The molecule has 0 saturated heterocycles. The first-order valence-corrected chi connectivity index (χ1v) is 6.83. The van der Waals surface area contributed by atoms with Crippen molar-refractivity contribution in [2.45, 2.75) is 0 Å². The van der Waals surface area contributed by atoms with Gasteiger partial charge in [-0.3, -0.25) is 4.79 Å². The Hall–Kier alpha value is -1.72. The molecule has 4 nitrogen and oxygen atoms in total. The second-order valence-electron chi connectivity index (χ2n) is 3.81. The van der Waals surface area contributed by atoms with E-state index in [2.05, 4.69) is 21.2 Å². The summed E-state index contributed by atoms with van der Waals surface area (Å²) >= 11 is 9.16. The van der Waals surface area contributed by atoms with Gasteiger partial charge in [0.05, 0.1) is 12.1 Å². The van der Waals surface area contributed by atoms with Gasteiger partial charge in [0.25, 0.3) is 0 Å². The number of hydrogen-bond donors (Lipinski definition) is 1. The van der Waals surface area contributed by atoms with Gasteiger partial charge in [-0.05, 0) is 52.3 Å². The number of nitrogens with one attached hydrogen (secondary N) is 1. The lowest BCUT2D eigenvalue weighted by Crippen LogP contribution is -2.07. The zero-order valence-electron chi connectivity index (χ0n) is 10.5. The summed E-state index contributed by atoms with van der Waals surface area (Å²) < 4.78 is 10.9.